The predicted molar refractivity (Wildman–Crippen MR) is 167 cm³/mol. The summed E-state index contributed by atoms with van der Waals surface area (Å²) in [6.45, 7) is 12.2. The van der Waals surface area contributed by atoms with E-state index < -0.39 is 23.8 Å². The molecule has 1 saturated carbocycles. The molecule has 1 aliphatic heterocycles. The maximum atomic E-state index is 14.7. The molecule has 234 valence electrons. The van der Waals surface area contributed by atoms with Crippen molar-refractivity contribution in [2.75, 3.05) is 18.6 Å². The van der Waals surface area contributed by atoms with Crippen LogP contribution >= 0.6 is 0 Å². The molecule has 9 nitrogen and oxygen atoms in total. The number of nitrogens with zero attached hydrogens (tertiary/aromatic N) is 3. The van der Waals surface area contributed by atoms with Crippen molar-refractivity contribution < 1.29 is 23.9 Å². The Morgan fingerprint density at radius 3 is 2.23 bits per heavy atom. The molecule has 0 spiro atoms. The number of likely N-dealkylation sites (tertiary alicyclic amines) is 1. The predicted octanol–water partition coefficient (Wildman–Crippen LogP) is 6.31. The summed E-state index contributed by atoms with van der Waals surface area (Å²) >= 11 is 0. The van der Waals surface area contributed by atoms with Crippen molar-refractivity contribution in [3.8, 4) is 5.75 Å². The van der Waals surface area contributed by atoms with Gasteiger partial charge in [-0.15, -0.1) is 0 Å². The van der Waals surface area contributed by atoms with Crippen LogP contribution in [0.3, 0.4) is 0 Å². The molecule has 1 saturated heterocycles. The van der Waals surface area contributed by atoms with E-state index in [1.54, 1.807) is 30.5 Å². The van der Waals surface area contributed by atoms with Crippen LogP contribution in [0.2, 0.25) is 0 Å². The van der Waals surface area contributed by atoms with Crippen molar-refractivity contribution in [3.63, 3.8) is 0 Å². The molecule has 1 N–H and O–H groups in total. The van der Waals surface area contributed by atoms with E-state index in [1.807, 2.05) is 45.0 Å². The minimum atomic E-state index is -1.03. The number of carbonyl (C=O) groups is 3. The summed E-state index contributed by atoms with van der Waals surface area (Å²) in [6.07, 6.45) is 8.85. The van der Waals surface area contributed by atoms with Crippen molar-refractivity contribution >= 4 is 23.6 Å². The number of anilines is 1. The van der Waals surface area contributed by atoms with Crippen LogP contribution < -0.4 is 15.0 Å². The largest absolute Gasteiger partial charge is 0.495 e. The number of nitrogens with one attached hydrogen (secondary N) is 1. The second-order valence-corrected chi connectivity index (χ2v) is 13.7. The first-order valence-corrected chi connectivity index (χ1v) is 15.5. The third-order valence-corrected chi connectivity index (χ3v) is 8.16. The fourth-order valence-electron chi connectivity index (χ4n) is 5.89. The summed E-state index contributed by atoms with van der Waals surface area (Å²) in [5.41, 5.74) is 1.40. The fraction of sp³-hybridized carbons (Fsp3) is 0.588. The van der Waals surface area contributed by atoms with Gasteiger partial charge in [-0.05, 0) is 75.6 Å². The number of ether oxygens (including phenoxy) is 2. The SMILES string of the molecule is COc1cncc(C(C(=O)NC2CCCCC2)N(C(=O)[C@H]2CCCN2C(=O)OC(C)(C)C)c2ccc(C(C)(C)C)cc2)c1. The van der Waals surface area contributed by atoms with Gasteiger partial charge in [-0.2, -0.15) is 0 Å². The maximum Gasteiger partial charge on any atom is 0.410 e. The Labute approximate surface area is 256 Å². The zero-order chi connectivity index (χ0) is 31.4. The zero-order valence-electron chi connectivity index (χ0n) is 26.8. The van der Waals surface area contributed by atoms with Gasteiger partial charge in [-0.1, -0.05) is 52.2 Å². The Morgan fingerprint density at radius 2 is 1.63 bits per heavy atom. The monoisotopic (exact) mass is 592 g/mol. The molecule has 3 amide bonds. The van der Waals surface area contributed by atoms with Gasteiger partial charge in [0, 0.05) is 30.0 Å². The Kier molecular flexibility index (Phi) is 10.0. The van der Waals surface area contributed by atoms with Crippen molar-refractivity contribution in [3.05, 3.63) is 53.9 Å². The Morgan fingerprint density at radius 1 is 0.953 bits per heavy atom. The molecule has 2 atom stereocenters. The summed E-state index contributed by atoms with van der Waals surface area (Å²) < 4.78 is 11.1. The van der Waals surface area contributed by atoms with Crippen molar-refractivity contribution in [2.45, 2.75) is 116 Å². The number of benzene rings is 1. The van der Waals surface area contributed by atoms with E-state index >= 15 is 0 Å². The fourth-order valence-corrected chi connectivity index (χ4v) is 5.89. The maximum absolute atomic E-state index is 14.7. The summed E-state index contributed by atoms with van der Waals surface area (Å²) in [5.74, 6) is -0.129. The number of aromatic nitrogens is 1. The van der Waals surface area contributed by atoms with Crippen molar-refractivity contribution in [1.29, 1.82) is 0 Å². The average molecular weight is 593 g/mol. The highest BCUT2D eigenvalue weighted by molar-refractivity contribution is 6.04. The van der Waals surface area contributed by atoms with E-state index in [2.05, 4.69) is 31.1 Å². The van der Waals surface area contributed by atoms with Crippen molar-refractivity contribution in [2.24, 2.45) is 0 Å². The minimum Gasteiger partial charge on any atom is -0.495 e. The lowest BCUT2D eigenvalue weighted by Gasteiger charge is -2.37. The third kappa shape index (κ3) is 8.06. The first-order chi connectivity index (χ1) is 20.3. The normalized spacial score (nSPS) is 18.6. The van der Waals surface area contributed by atoms with Crippen LogP contribution in [0, 0.1) is 0 Å². The van der Waals surface area contributed by atoms with Crippen molar-refractivity contribution in [1.82, 2.24) is 15.2 Å². The summed E-state index contributed by atoms with van der Waals surface area (Å²) in [5, 5.41) is 3.24. The highest BCUT2D eigenvalue weighted by atomic mass is 16.6. The van der Waals surface area contributed by atoms with Crippen LogP contribution in [0.4, 0.5) is 10.5 Å². The summed E-state index contributed by atoms with van der Waals surface area (Å²) in [7, 11) is 1.54. The molecule has 1 aromatic heterocycles. The molecule has 43 heavy (non-hydrogen) atoms. The van der Waals surface area contributed by atoms with Gasteiger partial charge in [0.25, 0.3) is 5.91 Å². The molecule has 0 bridgehead atoms. The van der Waals surface area contributed by atoms with Gasteiger partial charge in [-0.25, -0.2) is 4.79 Å². The third-order valence-electron chi connectivity index (χ3n) is 8.16. The van der Waals surface area contributed by atoms with E-state index in [1.165, 1.54) is 4.90 Å². The Bertz CT molecular complexity index is 1270. The van der Waals surface area contributed by atoms with E-state index in [9.17, 15) is 14.4 Å². The molecule has 1 aliphatic carbocycles. The van der Waals surface area contributed by atoms with Gasteiger partial charge in [0.05, 0.1) is 13.3 Å². The van der Waals surface area contributed by atoms with Gasteiger partial charge in [0.1, 0.15) is 23.4 Å². The molecule has 0 radical (unpaired) electrons. The van der Waals surface area contributed by atoms with E-state index in [0.29, 0.717) is 36.4 Å². The van der Waals surface area contributed by atoms with E-state index in [-0.39, 0.29) is 23.3 Å². The molecule has 1 unspecified atom stereocenters. The average Bonchev–Trinajstić information content (AvgIpc) is 3.45. The van der Waals surface area contributed by atoms with Gasteiger partial charge < -0.3 is 14.8 Å². The highest BCUT2D eigenvalue weighted by Gasteiger charge is 2.43. The van der Waals surface area contributed by atoms with Crippen LogP contribution in [-0.2, 0) is 19.7 Å². The standard InChI is InChI=1S/C34H48N4O5/c1-33(2,3)24-15-17-26(18-16-24)38(31(40)28-14-11-19-37(28)32(41)43-34(4,5)6)29(23-20-27(42-7)22-35-21-23)30(39)36-25-12-9-8-10-13-25/h15-18,20-22,25,28-29H,8-14,19H2,1-7H3,(H,36,39)/t28-,29?/m1/s1. The summed E-state index contributed by atoms with van der Waals surface area (Å²) in [6, 6.07) is 7.75. The molecule has 9 heteroatoms. The van der Waals surface area contributed by atoms with Gasteiger partial charge in [0.15, 0.2) is 0 Å². The molecule has 4 rings (SSSR count). The second kappa shape index (κ2) is 13.3. The molecule has 2 heterocycles. The minimum absolute atomic E-state index is 0.0345. The Hall–Kier alpha value is -3.62. The first-order valence-electron chi connectivity index (χ1n) is 15.5. The first kappa shape index (κ1) is 32.3. The van der Waals surface area contributed by atoms with Crippen LogP contribution in [-0.4, -0.2) is 59.1 Å². The molecule has 2 fully saturated rings. The highest BCUT2D eigenvalue weighted by Crippen LogP contribution is 2.35. The lowest BCUT2D eigenvalue weighted by molar-refractivity contribution is -0.129. The summed E-state index contributed by atoms with van der Waals surface area (Å²) in [4.78, 5) is 49.6. The molecule has 2 aromatic rings. The van der Waals surface area contributed by atoms with Gasteiger partial charge in [0.2, 0.25) is 5.91 Å². The number of amides is 3. The topological polar surface area (TPSA) is 101 Å². The Balaban J connectivity index is 1.81. The van der Waals surface area contributed by atoms with Crippen LogP contribution in [0.25, 0.3) is 0 Å². The lowest BCUT2D eigenvalue weighted by Crippen LogP contribution is -2.53. The van der Waals surface area contributed by atoms with Crippen LogP contribution in [0.1, 0.15) is 104 Å². The van der Waals surface area contributed by atoms with Crippen LogP contribution in [0.5, 0.6) is 5.75 Å². The number of hydrogen-bond donors (Lipinski definition) is 1. The molecule has 2 aliphatic rings. The molecular formula is C34H48N4O5. The van der Waals surface area contributed by atoms with Gasteiger partial charge in [-0.3, -0.25) is 24.4 Å². The number of rotatable bonds is 7. The number of methoxy groups -OCH3 is 1. The van der Waals surface area contributed by atoms with E-state index in [4.69, 9.17) is 9.47 Å². The quantitative estimate of drug-likeness (QED) is 0.404. The lowest BCUT2D eigenvalue weighted by atomic mass is 9.87. The number of pyridine rings is 1. The number of carbonyl (C=O) groups excluding carboxylic acids is 3. The number of hydrogen-bond acceptors (Lipinski definition) is 6. The van der Waals surface area contributed by atoms with E-state index in [0.717, 1.165) is 37.7 Å². The molecule has 1 aromatic carbocycles. The zero-order valence-corrected chi connectivity index (χ0v) is 26.8. The van der Waals surface area contributed by atoms with Crippen LogP contribution in [0.15, 0.2) is 42.7 Å². The second-order valence-electron chi connectivity index (χ2n) is 13.7. The smallest absolute Gasteiger partial charge is 0.410 e. The molecular weight excluding hydrogens is 544 g/mol. The van der Waals surface area contributed by atoms with Gasteiger partial charge >= 0.3 is 6.09 Å².